The first kappa shape index (κ1) is 25.7. The van der Waals surface area contributed by atoms with Crippen LogP contribution in [0.1, 0.15) is 26.7 Å². The highest BCUT2D eigenvalue weighted by molar-refractivity contribution is 5.79. The van der Waals surface area contributed by atoms with Crippen LogP contribution in [0.15, 0.2) is 0 Å². The number of carbonyl (C=O) groups is 1. The molecule has 0 radical (unpaired) electrons. The molecule has 0 bridgehead atoms. The van der Waals surface area contributed by atoms with E-state index >= 15 is 0 Å². The Kier molecular flexibility index (Phi) is 8.47. The lowest BCUT2D eigenvalue weighted by Crippen LogP contribution is -2.66. The maximum Gasteiger partial charge on any atom is 0.225 e. The SMILES string of the molecule is CC(C)C[C@@H]1CC(=O)N(C2OC(CO)C(OC3OC(CO)C(O)C(O)C3O)C(O)C2O)C1. The second-order valence-corrected chi connectivity index (χ2v) is 9.27. The van der Waals surface area contributed by atoms with Crippen LogP contribution in [0.4, 0.5) is 0 Å². The van der Waals surface area contributed by atoms with Crippen LogP contribution in [-0.2, 0) is 19.0 Å². The number of rotatable bonds is 7. The standard InChI is InChI=1S/C20H35NO11/c1-8(2)3-9-4-12(24)21(5-9)19-16(28)15(27)18(11(7-23)30-19)32-20-17(29)14(26)13(25)10(6-22)31-20/h8-11,13-20,22-23,25-29H,3-7H2,1-2H3/t9-,10?,11?,13?,14?,15?,16?,17?,18?,19?,20?/m1/s1. The summed E-state index contributed by atoms with van der Waals surface area (Å²) in [5, 5.41) is 70.5. The van der Waals surface area contributed by atoms with Gasteiger partial charge in [-0.05, 0) is 18.3 Å². The zero-order valence-electron chi connectivity index (χ0n) is 18.2. The van der Waals surface area contributed by atoms with Crippen molar-refractivity contribution in [3.63, 3.8) is 0 Å². The molecule has 7 N–H and O–H groups in total. The molecule has 12 nitrogen and oxygen atoms in total. The second-order valence-electron chi connectivity index (χ2n) is 9.27. The summed E-state index contributed by atoms with van der Waals surface area (Å²) in [6.45, 7) is 3.14. The second kappa shape index (κ2) is 10.6. The van der Waals surface area contributed by atoms with Gasteiger partial charge in [0.1, 0.15) is 48.8 Å². The molecule has 3 aliphatic rings. The third-order valence-electron chi connectivity index (χ3n) is 6.33. The normalized spacial score (nSPS) is 45.6. The molecule has 3 fully saturated rings. The fourth-order valence-electron chi connectivity index (χ4n) is 4.71. The molecule has 0 aromatic rings. The first-order valence-corrected chi connectivity index (χ1v) is 11.0. The summed E-state index contributed by atoms with van der Waals surface area (Å²) >= 11 is 0. The molecule has 10 unspecified atom stereocenters. The first-order chi connectivity index (χ1) is 15.1. The number of amides is 1. The molecule has 3 heterocycles. The molecule has 186 valence electrons. The van der Waals surface area contributed by atoms with Crippen molar-refractivity contribution in [3.8, 4) is 0 Å². The number of carbonyl (C=O) groups excluding carboxylic acids is 1. The molecular formula is C20H35NO11. The van der Waals surface area contributed by atoms with Gasteiger partial charge in [-0.15, -0.1) is 0 Å². The number of aliphatic hydroxyl groups excluding tert-OH is 7. The number of nitrogens with zero attached hydrogens (tertiary/aromatic N) is 1. The van der Waals surface area contributed by atoms with Gasteiger partial charge in [-0.2, -0.15) is 0 Å². The Bertz CT molecular complexity index is 633. The topological polar surface area (TPSA) is 190 Å². The highest BCUT2D eigenvalue weighted by Crippen LogP contribution is 2.33. The maximum absolute atomic E-state index is 12.5. The molecule has 3 aliphatic heterocycles. The van der Waals surface area contributed by atoms with Crippen molar-refractivity contribution in [1.82, 2.24) is 4.90 Å². The predicted molar refractivity (Wildman–Crippen MR) is 106 cm³/mol. The molecule has 12 heteroatoms. The Morgan fingerprint density at radius 2 is 1.59 bits per heavy atom. The summed E-state index contributed by atoms with van der Waals surface area (Å²) in [4.78, 5) is 13.9. The summed E-state index contributed by atoms with van der Waals surface area (Å²) < 4.78 is 16.6. The molecule has 11 atom stereocenters. The number of hydrogen-bond acceptors (Lipinski definition) is 11. The van der Waals surface area contributed by atoms with Crippen molar-refractivity contribution in [2.75, 3.05) is 19.8 Å². The van der Waals surface area contributed by atoms with Gasteiger partial charge in [0.15, 0.2) is 12.5 Å². The van der Waals surface area contributed by atoms with Crippen LogP contribution in [-0.4, -0.2) is 128 Å². The molecule has 0 aromatic heterocycles. The summed E-state index contributed by atoms with van der Waals surface area (Å²) in [6.07, 6.45) is -13.7. The van der Waals surface area contributed by atoms with E-state index in [4.69, 9.17) is 14.2 Å². The van der Waals surface area contributed by atoms with Crippen molar-refractivity contribution in [1.29, 1.82) is 0 Å². The molecule has 0 spiro atoms. The van der Waals surface area contributed by atoms with E-state index in [2.05, 4.69) is 0 Å². The average molecular weight is 465 g/mol. The van der Waals surface area contributed by atoms with E-state index in [0.717, 1.165) is 6.42 Å². The van der Waals surface area contributed by atoms with Crippen molar-refractivity contribution >= 4 is 5.91 Å². The summed E-state index contributed by atoms with van der Waals surface area (Å²) in [6, 6.07) is 0. The van der Waals surface area contributed by atoms with E-state index in [0.29, 0.717) is 18.9 Å². The Morgan fingerprint density at radius 3 is 2.19 bits per heavy atom. The van der Waals surface area contributed by atoms with Crippen LogP contribution in [0.25, 0.3) is 0 Å². The molecule has 3 saturated heterocycles. The Balaban J connectivity index is 1.71. The van der Waals surface area contributed by atoms with Gasteiger partial charge in [-0.25, -0.2) is 0 Å². The van der Waals surface area contributed by atoms with Crippen LogP contribution in [0.2, 0.25) is 0 Å². The van der Waals surface area contributed by atoms with Crippen LogP contribution >= 0.6 is 0 Å². The summed E-state index contributed by atoms with van der Waals surface area (Å²) in [5.74, 6) is 0.250. The van der Waals surface area contributed by atoms with E-state index in [9.17, 15) is 40.5 Å². The molecular weight excluding hydrogens is 430 g/mol. The first-order valence-electron chi connectivity index (χ1n) is 11.0. The van der Waals surface area contributed by atoms with Gasteiger partial charge in [0.05, 0.1) is 13.2 Å². The number of hydrogen-bond donors (Lipinski definition) is 7. The quantitative estimate of drug-likeness (QED) is 0.198. The third-order valence-corrected chi connectivity index (χ3v) is 6.33. The van der Waals surface area contributed by atoms with Crippen LogP contribution in [0, 0.1) is 11.8 Å². The Hall–Kier alpha value is -0.930. The van der Waals surface area contributed by atoms with Crippen LogP contribution in [0.5, 0.6) is 0 Å². The average Bonchev–Trinajstić information content (AvgIpc) is 3.10. The lowest BCUT2D eigenvalue weighted by molar-refractivity contribution is -0.347. The summed E-state index contributed by atoms with van der Waals surface area (Å²) in [7, 11) is 0. The van der Waals surface area contributed by atoms with Crippen molar-refractivity contribution in [2.24, 2.45) is 11.8 Å². The molecule has 0 aromatic carbocycles. The number of ether oxygens (including phenoxy) is 3. The Labute approximate surface area is 185 Å². The highest BCUT2D eigenvalue weighted by atomic mass is 16.7. The predicted octanol–water partition coefficient (Wildman–Crippen LogP) is -3.49. The van der Waals surface area contributed by atoms with Gasteiger partial charge in [0, 0.05) is 13.0 Å². The zero-order chi connectivity index (χ0) is 23.7. The van der Waals surface area contributed by atoms with Crippen LogP contribution < -0.4 is 0 Å². The van der Waals surface area contributed by atoms with E-state index < -0.39 is 74.6 Å². The van der Waals surface area contributed by atoms with E-state index in [-0.39, 0.29) is 11.8 Å². The fraction of sp³-hybridized carbons (Fsp3) is 0.950. The van der Waals surface area contributed by atoms with Gasteiger partial charge in [0.25, 0.3) is 0 Å². The van der Waals surface area contributed by atoms with Crippen molar-refractivity contribution in [3.05, 3.63) is 0 Å². The minimum atomic E-state index is -1.73. The van der Waals surface area contributed by atoms with Gasteiger partial charge in [0.2, 0.25) is 5.91 Å². The molecule has 3 rings (SSSR count). The molecule has 32 heavy (non-hydrogen) atoms. The minimum Gasteiger partial charge on any atom is -0.394 e. The molecule has 0 saturated carbocycles. The largest absolute Gasteiger partial charge is 0.394 e. The minimum absolute atomic E-state index is 0.0890. The Morgan fingerprint density at radius 1 is 0.938 bits per heavy atom. The van der Waals surface area contributed by atoms with Crippen LogP contribution in [0.3, 0.4) is 0 Å². The summed E-state index contributed by atoms with van der Waals surface area (Å²) in [5.41, 5.74) is 0. The van der Waals surface area contributed by atoms with E-state index in [1.165, 1.54) is 4.90 Å². The van der Waals surface area contributed by atoms with Crippen molar-refractivity contribution < 1.29 is 54.8 Å². The highest BCUT2D eigenvalue weighted by Gasteiger charge is 2.52. The maximum atomic E-state index is 12.5. The number of aliphatic hydroxyl groups is 7. The van der Waals surface area contributed by atoms with Crippen molar-refractivity contribution in [2.45, 2.75) is 88.0 Å². The van der Waals surface area contributed by atoms with Gasteiger partial charge in [-0.1, -0.05) is 13.8 Å². The van der Waals surface area contributed by atoms with E-state index in [1.807, 2.05) is 13.8 Å². The van der Waals surface area contributed by atoms with Gasteiger partial charge in [-0.3, -0.25) is 4.79 Å². The lowest BCUT2D eigenvalue weighted by Gasteiger charge is -2.47. The number of likely N-dealkylation sites (tertiary alicyclic amines) is 1. The van der Waals surface area contributed by atoms with E-state index in [1.54, 1.807) is 0 Å². The van der Waals surface area contributed by atoms with Gasteiger partial charge >= 0.3 is 0 Å². The monoisotopic (exact) mass is 465 g/mol. The fourth-order valence-corrected chi connectivity index (χ4v) is 4.71. The van der Waals surface area contributed by atoms with Gasteiger partial charge < -0.3 is 54.9 Å². The smallest absolute Gasteiger partial charge is 0.225 e. The zero-order valence-corrected chi connectivity index (χ0v) is 18.2. The lowest BCUT2D eigenvalue weighted by atomic mass is 9.95. The third kappa shape index (κ3) is 5.09. The molecule has 0 aliphatic carbocycles. The molecule has 1 amide bonds.